The summed E-state index contributed by atoms with van der Waals surface area (Å²) in [4.78, 5) is 4.39. The Labute approximate surface area is 128 Å². The number of hydrogen-bond acceptors (Lipinski definition) is 3. The van der Waals surface area contributed by atoms with Crippen LogP contribution in [0.5, 0.6) is 5.75 Å². The van der Waals surface area contributed by atoms with Gasteiger partial charge in [0.15, 0.2) is 0 Å². The molecule has 1 aromatic heterocycles. The molecular weight excluding hydrogens is 316 g/mol. The van der Waals surface area contributed by atoms with Gasteiger partial charge in [0.2, 0.25) is 0 Å². The zero-order valence-electron chi connectivity index (χ0n) is 12.0. The number of ether oxygens (including phenoxy) is 1. The number of nitrogens with zero attached hydrogens (tertiary/aromatic N) is 1. The van der Waals surface area contributed by atoms with E-state index >= 15 is 0 Å². The molecule has 0 amide bonds. The molecule has 0 saturated carbocycles. The second-order valence-electron chi connectivity index (χ2n) is 4.62. The Balaban J connectivity index is 2.37. The molecule has 1 N–H and O–H groups in total. The summed E-state index contributed by atoms with van der Waals surface area (Å²) in [5.41, 5.74) is 3.37. The fourth-order valence-corrected chi connectivity index (χ4v) is 2.70. The zero-order valence-corrected chi connectivity index (χ0v) is 13.6. The van der Waals surface area contributed by atoms with Crippen molar-refractivity contribution in [3.8, 4) is 5.75 Å². The van der Waals surface area contributed by atoms with Crippen LogP contribution in [0.15, 0.2) is 41.0 Å². The Morgan fingerprint density at radius 2 is 2.00 bits per heavy atom. The van der Waals surface area contributed by atoms with Crippen molar-refractivity contribution in [3.05, 3.63) is 57.8 Å². The van der Waals surface area contributed by atoms with Crippen molar-refractivity contribution in [3.63, 3.8) is 0 Å². The van der Waals surface area contributed by atoms with Crippen LogP contribution in [0, 0.1) is 6.92 Å². The van der Waals surface area contributed by atoms with Crippen LogP contribution >= 0.6 is 15.9 Å². The molecule has 1 heterocycles. The molecule has 2 rings (SSSR count). The fourth-order valence-electron chi connectivity index (χ4n) is 2.14. The summed E-state index contributed by atoms with van der Waals surface area (Å²) in [5.74, 6) is 0.839. The van der Waals surface area contributed by atoms with E-state index in [0.29, 0.717) is 0 Å². The second kappa shape index (κ2) is 6.86. The smallest absolute Gasteiger partial charge is 0.133 e. The molecule has 106 valence electrons. The first-order valence-electron chi connectivity index (χ1n) is 6.65. The molecule has 0 spiro atoms. The molecule has 20 heavy (non-hydrogen) atoms. The lowest BCUT2D eigenvalue weighted by Gasteiger charge is -2.19. The molecular formula is C16H19BrN2O. The molecule has 2 aromatic rings. The lowest BCUT2D eigenvalue weighted by molar-refractivity contribution is 0.412. The topological polar surface area (TPSA) is 34.2 Å². The highest BCUT2D eigenvalue weighted by molar-refractivity contribution is 9.10. The molecule has 4 heteroatoms. The number of nitrogens with one attached hydrogen (secondary N) is 1. The van der Waals surface area contributed by atoms with Crippen molar-refractivity contribution in [2.75, 3.05) is 13.7 Å². The van der Waals surface area contributed by atoms with Gasteiger partial charge in [-0.3, -0.25) is 4.98 Å². The van der Waals surface area contributed by atoms with Gasteiger partial charge in [-0.1, -0.05) is 19.1 Å². The van der Waals surface area contributed by atoms with Crippen LogP contribution in [0.1, 0.15) is 29.8 Å². The van der Waals surface area contributed by atoms with Crippen LogP contribution in [-0.2, 0) is 0 Å². The van der Waals surface area contributed by atoms with Gasteiger partial charge in [0.05, 0.1) is 17.6 Å². The first-order chi connectivity index (χ1) is 9.65. The SMILES string of the molecule is CCNC(c1ccc(C)nc1)c1ccc(OC)c(Br)c1. The van der Waals surface area contributed by atoms with Crippen LogP contribution in [0.3, 0.4) is 0 Å². The number of hydrogen-bond donors (Lipinski definition) is 1. The largest absolute Gasteiger partial charge is 0.496 e. The van der Waals surface area contributed by atoms with E-state index in [4.69, 9.17) is 4.74 Å². The standard InChI is InChI=1S/C16H19BrN2O/c1-4-18-16(13-6-5-11(2)19-10-13)12-7-8-15(20-3)14(17)9-12/h5-10,16,18H,4H2,1-3H3. The molecule has 1 atom stereocenters. The summed E-state index contributed by atoms with van der Waals surface area (Å²) in [7, 11) is 1.67. The molecule has 0 saturated heterocycles. The first kappa shape index (κ1) is 15.0. The molecule has 0 radical (unpaired) electrons. The van der Waals surface area contributed by atoms with Crippen LogP contribution in [0.4, 0.5) is 0 Å². The lowest BCUT2D eigenvalue weighted by Crippen LogP contribution is -2.22. The predicted octanol–water partition coefficient (Wildman–Crippen LogP) is 3.86. The maximum absolute atomic E-state index is 5.28. The van der Waals surface area contributed by atoms with E-state index in [1.165, 1.54) is 5.56 Å². The molecule has 0 aliphatic heterocycles. The Hall–Kier alpha value is -1.39. The summed E-state index contributed by atoms with van der Waals surface area (Å²) in [6, 6.07) is 10.4. The molecule has 0 fully saturated rings. The molecule has 3 nitrogen and oxygen atoms in total. The highest BCUT2D eigenvalue weighted by Gasteiger charge is 2.14. The zero-order chi connectivity index (χ0) is 14.5. The minimum Gasteiger partial charge on any atom is -0.496 e. The highest BCUT2D eigenvalue weighted by atomic mass is 79.9. The quantitative estimate of drug-likeness (QED) is 0.901. The number of rotatable bonds is 5. The van der Waals surface area contributed by atoms with Crippen molar-refractivity contribution in [2.45, 2.75) is 19.9 Å². The maximum atomic E-state index is 5.28. The van der Waals surface area contributed by atoms with Crippen LogP contribution in [0.25, 0.3) is 0 Å². The lowest BCUT2D eigenvalue weighted by atomic mass is 10.00. The minimum absolute atomic E-state index is 0.135. The monoisotopic (exact) mass is 334 g/mol. The number of pyridine rings is 1. The summed E-state index contributed by atoms with van der Waals surface area (Å²) >= 11 is 3.54. The van der Waals surface area contributed by atoms with E-state index in [-0.39, 0.29) is 6.04 Å². The third-order valence-electron chi connectivity index (χ3n) is 3.19. The van der Waals surface area contributed by atoms with Crippen LogP contribution in [-0.4, -0.2) is 18.6 Å². The Kier molecular flexibility index (Phi) is 5.15. The molecule has 0 bridgehead atoms. The molecule has 1 unspecified atom stereocenters. The van der Waals surface area contributed by atoms with Crippen molar-refractivity contribution >= 4 is 15.9 Å². The normalized spacial score (nSPS) is 12.2. The van der Waals surface area contributed by atoms with Gasteiger partial charge in [0, 0.05) is 11.9 Å². The Bertz CT molecular complexity index is 569. The van der Waals surface area contributed by atoms with Gasteiger partial charge in [-0.05, 0) is 58.7 Å². The summed E-state index contributed by atoms with van der Waals surface area (Å²) in [6.07, 6.45) is 1.93. The number of aryl methyl sites for hydroxylation is 1. The van der Waals surface area contributed by atoms with E-state index in [1.807, 2.05) is 25.3 Å². The third kappa shape index (κ3) is 3.38. The highest BCUT2D eigenvalue weighted by Crippen LogP contribution is 2.30. The van der Waals surface area contributed by atoms with Gasteiger partial charge in [0.1, 0.15) is 5.75 Å². The third-order valence-corrected chi connectivity index (χ3v) is 3.80. The van der Waals surface area contributed by atoms with E-state index in [1.54, 1.807) is 7.11 Å². The fraction of sp³-hybridized carbons (Fsp3) is 0.312. The van der Waals surface area contributed by atoms with Gasteiger partial charge in [0.25, 0.3) is 0 Å². The van der Waals surface area contributed by atoms with Crippen LogP contribution < -0.4 is 10.1 Å². The Morgan fingerprint density at radius 3 is 2.55 bits per heavy atom. The number of aromatic nitrogens is 1. The van der Waals surface area contributed by atoms with E-state index in [2.05, 4.69) is 51.4 Å². The predicted molar refractivity (Wildman–Crippen MR) is 85.2 cm³/mol. The minimum atomic E-state index is 0.135. The Morgan fingerprint density at radius 1 is 1.25 bits per heavy atom. The van der Waals surface area contributed by atoms with Crippen molar-refractivity contribution in [1.82, 2.24) is 10.3 Å². The average molecular weight is 335 g/mol. The van der Waals surface area contributed by atoms with Gasteiger partial charge in [-0.2, -0.15) is 0 Å². The average Bonchev–Trinajstić information content (AvgIpc) is 2.46. The summed E-state index contributed by atoms with van der Waals surface area (Å²) in [6.45, 7) is 4.99. The van der Waals surface area contributed by atoms with E-state index in [0.717, 1.165) is 28.0 Å². The number of methoxy groups -OCH3 is 1. The van der Waals surface area contributed by atoms with Gasteiger partial charge < -0.3 is 10.1 Å². The summed E-state index contributed by atoms with van der Waals surface area (Å²) in [5, 5.41) is 3.50. The van der Waals surface area contributed by atoms with E-state index in [9.17, 15) is 0 Å². The van der Waals surface area contributed by atoms with Crippen molar-refractivity contribution in [1.29, 1.82) is 0 Å². The summed E-state index contributed by atoms with van der Waals surface area (Å²) < 4.78 is 6.24. The van der Waals surface area contributed by atoms with Gasteiger partial charge in [-0.25, -0.2) is 0 Å². The molecule has 0 aliphatic rings. The number of halogens is 1. The second-order valence-corrected chi connectivity index (χ2v) is 5.47. The van der Waals surface area contributed by atoms with Crippen LogP contribution in [0.2, 0.25) is 0 Å². The van der Waals surface area contributed by atoms with Crippen molar-refractivity contribution < 1.29 is 4.74 Å². The molecule has 0 aliphatic carbocycles. The first-order valence-corrected chi connectivity index (χ1v) is 7.44. The molecule has 1 aromatic carbocycles. The van der Waals surface area contributed by atoms with Gasteiger partial charge >= 0.3 is 0 Å². The maximum Gasteiger partial charge on any atom is 0.133 e. The number of benzene rings is 1. The van der Waals surface area contributed by atoms with Gasteiger partial charge in [-0.15, -0.1) is 0 Å². The van der Waals surface area contributed by atoms with E-state index < -0.39 is 0 Å². The van der Waals surface area contributed by atoms with Crippen molar-refractivity contribution in [2.24, 2.45) is 0 Å².